The molecule has 4 nitrogen and oxygen atoms in total. The first-order chi connectivity index (χ1) is 5.52. The summed E-state index contributed by atoms with van der Waals surface area (Å²) in [6.07, 6.45) is -0.777. The molecule has 66 valence electrons. The van der Waals surface area contributed by atoms with E-state index >= 15 is 0 Å². The van der Waals surface area contributed by atoms with Gasteiger partial charge in [-0.25, -0.2) is 0 Å². The zero-order valence-corrected chi connectivity index (χ0v) is 7.66. The number of hydrogen-bond donors (Lipinski definition) is 3. The van der Waals surface area contributed by atoms with Gasteiger partial charge in [0.05, 0.1) is 11.7 Å². The zero-order chi connectivity index (χ0) is 9.30. The molecule has 3 N–H and O–H groups in total. The lowest BCUT2D eigenvalue weighted by Gasteiger charge is -2.05. The van der Waals surface area contributed by atoms with Crippen molar-refractivity contribution in [2.45, 2.75) is 20.0 Å². The van der Waals surface area contributed by atoms with Crippen molar-refractivity contribution in [2.24, 2.45) is 0 Å². The summed E-state index contributed by atoms with van der Waals surface area (Å²) in [4.78, 5) is 16.4. The monoisotopic (exact) mass is 186 g/mol. The largest absolute Gasteiger partial charge is 0.388 e. The van der Waals surface area contributed by atoms with E-state index in [1.807, 2.05) is 0 Å². The highest BCUT2D eigenvalue weighted by Crippen LogP contribution is 2.08. The van der Waals surface area contributed by atoms with Gasteiger partial charge in [-0.3, -0.25) is 9.78 Å². The Morgan fingerprint density at radius 2 is 2.08 bits per heavy atom. The summed E-state index contributed by atoms with van der Waals surface area (Å²) in [7, 11) is 0. The molecule has 0 aliphatic heterocycles. The molecule has 12 heavy (non-hydrogen) atoms. The summed E-state index contributed by atoms with van der Waals surface area (Å²) in [6, 6.07) is 0. The Balaban J connectivity index is 3.49. The predicted octanol–water partition coefficient (Wildman–Crippen LogP) is 0.794. The van der Waals surface area contributed by atoms with E-state index in [4.69, 9.17) is 12.2 Å². The number of aliphatic hydroxyl groups excluding tert-OH is 1. The number of H-pyrrole nitrogens is 2. The van der Waals surface area contributed by atoms with Gasteiger partial charge >= 0.3 is 0 Å². The molecule has 1 unspecified atom stereocenters. The highest BCUT2D eigenvalue weighted by Gasteiger charge is 2.09. The molecule has 0 fully saturated rings. The minimum absolute atomic E-state index is 0.280. The van der Waals surface area contributed by atoms with Crippen molar-refractivity contribution in [3.8, 4) is 0 Å². The Hall–Kier alpha value is -0.940. The molecule has 1 aromatic heterocycles. The molecule has 0 radical (unpaired) electrons. The second-order valence-electron chi connectivity index (χ2n) is 2.62. The highest BCUT2D eigenvalue weighted by atomic mass is 32.1. The van der Waals surface area contributed by atoms with Crippen LogP contribution in [0.15, 0.2) is 4.79 Å². The molecule has 0 aromatic carbocycles. The Bertz CT molecular complexity index is 391. The highest BCUT2D eigenvalue weighted by molar-refractivity contribution is 7.71. The lowest BCUT2D eigenvalue weighted by molar-refractivity contribution is 0.196. The smallest absolute Gasteiger partial charge is 0.257 e. The normalized spacial score (nSPS) is 12.9. The third-order valence-electron chi connectivity index (χ3n) is 1.59. The predicted molar refractivity (Wildman–Crippen MR) is 47.6 cm³/mol. The Morgan fingerprint density at radius 1 is 1.50 bits per heavy atom. The van der Waals surface area contributed by atoms with E-state index in [1.54, 1.807) is 6.92 Å². The molecule has 5 heteroatoms. The maximum atomic E-state index is 11.2. The van der Waals surface area contributed by atoms with Crippen LogP contribution in [0.25, 0.3) is 0 Å². The minimum Gasteiger partial charge on any atom is -0.388 e. The standard InChI is InChI=1S/C7H10N2O2S/c1-3-5(4(2)10)6(11)9-7(12)8-3/h4,10H,1-2H3,(H2,8,9,11,12). The maximum absolute atomic E-state index is 11.2. The number of aromatic amines is 2. The van der Waals surface area contributed by atoms with Crippen LogP contribution in [0.1, 0.15) is 24.3 Å². The van der Waals surface area contributed by atoms with Crippen LogP contribution in [-0.4, -0.2) is 15.1 Å². The number of nitrogens with one attached hydrogen (secondary N) is 2. The van der Waals surface area contributed by atoms with Gasteiger partial charge in [0.25, 0.3) is 5.56 Å². The van der Waals surface area contributed by atoms with Crippen LogP contribution in [0, 0.1) is 11.7 Å². The Kier molecular flexibility index (Phi) is 2.44. The topological polar surface area (TPSA) is 68.9 Å². The average molecular weight is 186 g/mol. The minimum atomic E-state index is -0.777. The van der Waals surface area contributed by atoms with Crippen LogP contribution >= 0.6 is 12.2 Å². The maximum Gasteiger partial charge on any atom is 0.257 e. The lowest BCUT2D eigenvalue weighted by Crippen LogP contribution is -2.18. The number of hydrogen-bond acceptors (Lipinski definition) is 3. The fourth-order valence-electron chi connectivity index (χ4n) is 1.11. The van der Waals surface area contributed by atoms with Gasteiger partial charge in [0, 0.05) is 5.69 Å². The molecule has 0 aliphatic rings. The van der Waals surface area contributed by atoms with Crippen molar-refractivity contribution in [3.63, 3.8) is 0 Å². The van der Waals surface area contributed by atoms with Gasteiger partial charge in [-0.05, 0) is 26.1 Å². The van der Waals surface area contributed by atoms with Gasteiger partial charge in [0.2, 0.25) is 0 Å². The lowest BCUT2D eigenvalue weighted by atomic mass is 10.1. The van der Waals surface area contributed by atoms with E-state index in [2.05, 4.69) is 9.97 Å². The molecule has 1 aromatic rings. The third kappa shape index (κ3) is 1.62. The molecular weight excluding hydrogens is 176 g/mol. The number of aromatic nitrogens is 2. The van der Waals surface area contributed by atoms with Crippen LogP contribution < -0.4 is 5.56 Å². The first kappa shape index (κ1) is 9.15. The third-order valence-corrected chi connectivity index (χ3v) is 1.80. The fraction of sp³-hybridized carbons (Fsp3) is 0.429. The molecule has 0 bridgehead atoms. The van der Waals surface area contributed by atoms with Crippen LogP contribution in [0.2, 0.25) is 0 Å². The number of aliphatic hydroxyl groups is 1. The van der Waals surface area contributed by atoms with Crippen LogP contribution in [0.3, 0.4) is 0 Å². The van der Waals surface area contributed by atoms with Gasteiger partial charge in [0.15, 0.2) is 4.77 Å². The molecule has 0 aliphatic carbocycles. The van der Waals surface area contributed by atoms with Crippen LogP contribution in [0.4, 0.5) is 0 Å². The second kappa shape index (κ2) is 3.20. The second-order valence-corrected chi connectivity index (χ2v) is 3.03. The molecule has 0 amide bonds. The quantitative estimate of drug-likeness (QED) is 0.568. The SMILES string of the molecule is Cc1[nH]c(=S)[nH]c(=O)c1C(C)O. The summed E-state index contributed by atoms with van der Waals surface area (Å²) in [5.41, 5.74) is 0.619. The van der Waals surface area contributed by atoms with Gasteiger partial charge in [-0.1, -0.05) is 0 Å². The number of rotatable bonds is 1. The van der Waals surface area contributed by atoms with Gasteiger partial charge in [0.1, 0.15) is 0 Å². The summed E-state index contributed by atoms with van der Waals surface area (Å²) in [5.74, 6) is 0. The molecule has 1 atom stereocenters. The van der Waals surface area contributed by atoms with Crippen LogP contribution in [0.5, 0.6) is 0 Å². The van der Waals surface area contributed by atoms with Gasteiger partial charge < -0.3 is 10.1 Å². The van der Waals surface area contributed by atoms with Crippen molar-refractivity contribution in [1.29, 1.82) is 0 Å². The molecule has 0 saturated carbocycles. The van der Waals surface area contributed by atoms with Crippen molar-refractivity contribution in [1.82, 2.24) is 9.97 Å². The first-order valence-electron chi connectivity index (χ1n) is 3.53. The summed E-state index contributed by atoms with van der Waals surface area (Å²) in [5, 5.41) is 9.20. The molecular formula is C7H10N2O2S. The van der Waals surface area contributed by atoms with Gasteiger partial charge in [-0.15, -0.1) is 0 Å². The van der Waals surface area contributed by atoms with E-state index in [1.165, 1.54) is 6.92 Å². The van der Waals surface area contributed by atoms with Crippen molar-refractivity contribution in [2.75, 3.05) is 0 Å². The van der Waals surface area contributed by atoms with E-state index in [0.29, 0.717) is 11.3 Å². The molecule has 0 spiro atoms. The molecule has 1 heterocycles. The van der Waals surface area contributed by atoms with Crippen molar-refractivity contribution < 1.29 is 5.11 Å². The molecule has 1 rings (SSSR count). The average Bonchev–Trinajstić information content (AvgIpc) is 1.82. The number of aryl methyl sites for hydroxylation is 1. The summed E-state index contributed by atoms with van der Waals surface area (Å²) >= 11 is 4.74. The van der Waals surface area contributed by atoms with E-state index < -0.39 is 6.10 Å². The molecule has 0 saturated heterocycles. The van der Waals surface area contributed by atoms with Crippen LogP contribution in [-0.2, 0) is 0 Å². The van der Waals surface area contributed by atoms with Gasteiger partial charge in [-0.2, -0.15) is 0 Å². The first-order valence-corrected chi connectivity index (χ1v) is 3.94. The van der Waals surface area contributed by atoms with E-state index in [0.717, 1.165) is 0 Å². The van der Waals surface area contributed by atoms with E-state index in [-0.39, 0.29) is 10.3 Å². The van der Waals surface area contributed by atoms with Crippen molar-refractivity contribution in [3.05, 3.63) is 26.4 Å². The summed E-state index contributed by atoms with van der Waals surface area (Å²) in [6.45, 7) is 3.24. The van der Waals surface area contributed by atoms with Crippen molar-refractivity contribution >= 4 is 12.2 Å². The Labute approximate surface area is 74.3 Å². The van der Waals surface area contributed by atoms with E-state index in [9.17, 15) is 9.90 Å². The zero-order valence-electron chi connectivity index (χ0n) is 6.84. The summed E-state index contributed by atoms with van der Waals surface area (Å²) < 4.78 is 0.280. The fourth-order valence-corrected chi connectivity index (χ4v) is 1.36. The Morgan fingerprint density at radius 3 is 2.50 bits per heavy atom.